The molecule has 0 saturated heterocycles. The zero-order valence-corrected chi connectivity index (χ0v) is 18.0. The molecule has 0 unspecified atom stereocenters. The van der Waals surface area contributed by atoms with Crippen LogP contribution in [0.3, 0.4) is 0 Å². The van der Waals surface area contributed by atoms with Crippen molar-refractivity contribution in [3.05, 3.63) is 83.4 Å². The molecule has 0 aliphatic carbocycles. The molecule has 0 aromatic heterocycles. The van der Waals surface area contributed by atoms with Crippen LogP contribution in [0.2, 0.25) is 0 Å². The normalized spacial score (nSPS) is 11.0. The number of carbonyl (C=O) groups is 2. The molecule has 3 aromatic carbocycles. The molecule has 0 atom stereocenters. The predicted octanol–water partition coefficient (Wildman–Crippen LogP) is 3.94. The molecule has 0 fully saturated rings. The molecule has 0 saturated carbocycles. The van der Waals surface area contributed by atoms with Gasteiger partial charge in [-0.3, -0.25) is 14.8 Å². The minimum atomic E-state index is -0.604. The average molecular weight is 420 g/mol. The van der Waals surface area contributed by atoms with Crippen molar-refractivity contribution in [2.45, 2.75) is 20.4 Å². The zero-order chi connectivity index (χ0) is 22.2. The molecule has 0 spiro atoms. The summed E-state index contributed by atoms with van der Waals surface area (Å²) < 4.78 is 0. The number of amides is 2. The Balaban J connectivity index is 1.88. The fourth-order valence-electron chi connectivity index (χ4n) is 3.70. The minimum Gasteiger partial charge on any atom is -0.333 e. The lowest BCUT2D eigenvalue weighted by Crippen LogP contribution is -2.38. The summed E-state index contributed by atoms with van der Waals surface area (Å²) in [4.78, 5) is 29.1. The summed E-state index contributed by atoms with van der Waals surface area (Å²) in [6, 6.07) is 20.7. The predicted molar refractivity (Wildman–Crippen MR) is 122 cm³/mol. The average Bonchev–Trinajstić information content (AvgIpc) is 2.83. The van der Waals surface area contributed by atoms with E-state index in [-0.39, 0.29) is 5.91 Å². The van der Waals surface area contributed by atoms with Crippen LogP contribution in [0, 0.1) is 0 Å². The second-order valence-corrected chi connectivity index (χ2v) is 7.41. The monoisotopic (exact) mass is 419 g/mol. The maximum Gasteiger partial charge on any atom is 0.274 e. The standard InChI is InChI=1S/C25H29N3O3/c1-3-27(4-2)16-17-28(18-22-10-7-9-19-8-5-6-11-23(19)22)25(30)21-14-12-20(13-15-21)24(29)26-31/h5-15,31H,3-4,16-18H2,1-2H3,(H,26,29). The second kappa shape index (κ2) is 10.7. The Kier molecular flexibility index (Phi) is 7.76. The van der Waals surface area contributed by atoms with Crippen LogP contribution in [-0.2, 0) is 6.54 Å². The maximum atomic E-state index is 13.4. The SMILES string of the molecule is CCN(CC)CCN(Cc1cccc2ccccc12)C(=O)c1ccc(C(=O)NO)cc1. The van der Waals surface area contributed by atoms with E-state index in [1.165, 1.54) is 0 Å². The van der Waals surface area contributed by atoms with Crippen LogP contribution in [0.15, 0.2) is 66.7 Å². The molecule has 2 N–H and O–H groups in total. The summed E-state index contributed by atoms with van der Waals surface area (Å²) in [7, 11) is 0. The fraction of sp³-hybridized carbons (Fsp3) is 0.280. The van der Waals surface area contributed by atoms with E-state index in [9.17, 15) is 9.59 Å². The molecular weight excluding hydrogens is 390 g/mol. The minimum absolute atomic E-state index is 0.0870. The van der Waals surface area contributed by atoms with Gasteiger partial charge in [-0.15, -0.1) is 0 Å². The molecule has 162 valence electrons. The molecule has 0 heterocycles. The maximum absolute atomic E-state index is 13.4. The Morgan fingerprint density at radius 3 is 2.16 bits per heavy atom. The Labute approximate surface area is 183 Å². The van der Waals surface area contributed by atoms with Crippen molar-refractivity contribution in [3.8, 4) is 0 Å². The van der Waals surface area contributed by atoms with Gasteiger partial charge >= 0.3 is 0 Å². The number of fused-ring (bicyclic) bond motifs is 1. The van der Waals surface area contributed by atoms with E-state index in [2.05, 4.69) is 43.0 Å². The fourth-order valence-corrected chi connectivity index (χ4v) is 3.70. The molecule has 3 rings (SSSR count). The lowest BCUT2D eigenvalue weighted by molar-refractivity contribution is 0.0702. The van der Waals surface area contributed by atoms with E-state index in [1.807, 2.05) is 23.1 Å². The van der Waals surface area contributed by atoms with Crippen LogP contribution in [0.25, 0.3) is 10.8 Å². The Morgan fingerprint density at radius 1 is 0.839 bits per heavy atom. The molecule has 31 heavy (non-hydrogen) atoms. The van der Waals surface area contributed by atoms with Gasteiger partial charge in [0.1, 0.15) is 0 Å². The van der Waals surface area contributed by atoms with E-state index in [0.29, 0.717) is 24.2 Å². The Bertz CT molecular complexity index is 1020. The lowest BCUT2D eigenvalue weighted by atomic mass is 10.0. The molecule has 2 amide bonds. The highest BCUT2D eigenvalue weighted by Gasteiger charge is 2.18. The molecule has 3 aromatic rings. The van der Waals surface area contributed by atoms with Crippen molar-refractivity contribution in [2.75, 3.05) is 26.2 Å². The summed E-state index contributed by atoms with van der Waals surface area (Å²) in [5.41, 5.74) is 3.51. The second-order valence-electron chi connectivity index (χ2n) is 7.41. The third-order valence-electron chi connectivity index (χ3n) is 5.60. The number of rotatable bonds is 9. The third kappa shape index (κ3) is 5.48. The van der Waals surface area contributed by atoms with Crippen LogP contribution in [0.5, 0.6) is 0 Å². The number of nitrogens with one attached hydrogen (secondary N) is 1. The number of hydroxylamine groups is 1. The summed E-state index contributed by atoms with van der Waals surface area (Å²) in [6.45, 7) is 7.98. The first-order chi connectivity index (χ1) is 15.1. The van der Waals surface area contributed by atoms with Crippen LogP contribution in [0.4, 0.5) is 0 Å². The zero-order valence-electron chi connectivity index (χ0n) is 18.0. The quantitative estimate of drug-likeness (QED) is 0.407. The van der Waals surface area contributed by atoms with Crippen molar-refractivity contribution in [3.63, 3.8) is 0 Å². The summed E-state index contributed by atoms with van der Waals surface area (Å²) in [5.74, 6) is -0.691. The molecule has 0 radical (unpaired) electrons. The summed E-state index contributed by atoms with van der Waals surface area (Å²) in [5, 5.41) is 11.1. The Morgan fingerprint density at radius 2 is 1.48 bits per heavy atom. The topological polar surface area (TPSA) is 72.9 Å². The summed E-state index contributed by atoms with van der Waals surface area (Å²) in [6.07, 6.45) is 0. The van der Waals surface area contributed by atoms with Crippen molar-refractivity contribution in [1.82, 2.24) is 15.3 Å². The largest absolute Gasteiger partial charge is 0.333 e. The lowest BCUT2D eigenvalue weighted by Gasteiger charge is -2.27. The van der Waals surface area contributed by atoms with E-state index in [4.69, 9.17) is 5.21 Å². The van der Waals surface area contributed by atoms with Crippen LogP contribution < -0.4 is 5.48 Å². The van der Waals surface area contributed by atoms with Gasteiger partial charge in [0.05, 0.1) is 0 Å². The van der Waals surface area contributed by atoms with Gasteiger partial charge in [0.2, 0.25) is 0 Å². The molecule has 0 aliphatic rings. The number of likely N-dealkylation sites (N-methyl/N-ethyl adjacent to an activating group) is 1. The number of carbonyl (C=O) groups excluding carboxylic acids is 2. The first-order valence-electron chi connectivity index (χ1n) is 10.6. The van der Waals surface area contributed by atoms with Crippen molar-refractivity contribution in [2.24, 2.45) is 0 Å². The number of hydrogen-bond acceptors (Lipinski definition) is 4. The van der Waals surface area contributed by atoms with Gasteiger partial charge in [-0.25, -0.2) is 5.48 Å². The molecule has 0 bridgehead atoms. The molecule has 0 aliphatic heterocycles. The molecular formula is C25H29N3O3. The molecule has 6 heteroatoms. The van der Waals surface area contributed by atoms with Crippen LogP contribution in [-0.4, -0.2) is 53.0 Å². The highest BCUT2D eigenvalue weighted by Crippen LogP contribution is 2.21. The number of benzene rings is 3. The highest BCUT2D eigenvalue weighted by molar-refractivity contribution is 5.97. The number of nitrogens with zero attached hydrogens (tertiary/aromatic N) is 2. The Hall–Kier alpha value is -3.22. The van der Waals surface area contributed by atoms with E-state index < -0.39 is 5.91 Å². The van der Waals surface area contributed by atoms with Gasteiger partial charge in [-0.2, -0.15) is 0 Å². The van der Waals surface area contributed by atoms with Crippen LogP contribution in [0.1, 0.15) is 40.1 Å². The van der Waals surface area contributed by atoms with E-state index in [0.717, 1.165) is 36.0 Å². The van der Waals surface area contributed by atoms with Gasteiger partial charge in [-0.05, 0) is 53.7 Å². The highest BCUT2D eigenvalue weighted by atomic mass is 16.5. The van der Waals surface area contributed by atoms with Crippen molar-refractivity contribution in [1.29, 1.82) is 0 Å². The van der Waals surface area contributed by atoms with Gasteiger partial charge < -0.3 is 9.80 Å². The first-order valence-corrected chi connectivity index (χ1v) is 10.6. The smallest absolute Gasteiger partial charge is 0.274 e. The van der Waals surface area contributed by atoms with Gasteiger partial charge in [-0.1, -0.05) is 56.3 Å². The van der Waals surface area contributed by atoms with Crippen molar-refractivity contribution >= 4 is 22.6 Å². The van der Waals surface area contributed by atoms with Gasteiger partial charge in [0, 0.05) is 30.8 Å². The first kappa shape index (κ1) is 22.5. The number of hydrogen-bond donors (Lipinski definition) is 2. The molecule has 6 nitrogen and oxygen atoms in total. The van der Waals surface area contributed by atoms with Crippen LogP contribution >= 0.6 is 0 Å². The van der Waals surface area contributed by atoms with Crippen molar-refractivity contribution < 1.29 is 14.8 Å². The van der Waals surface area contributed by atoms with Gasteiger partial charge in [0.15, 0.2) is 0 Å². The van der Waals surface area contributed by atoms with Gasteiger partial charge in [0.25, 0.3) is 11.8 Å². The van der Waals surface area contributed by atoms with E-state index >= 15 is 0 Å². The summed E-state index contributed by atoms with van der Waals surface area (Å²) >= 11 is 0. The third-order valence-corrected chi connectivity index (χ3v) is 5.60. The van der Waals surface area contributed by atoms with E-state index in [1.54, 1.807) is 29.7 Å².